The van der Waals surface area contributed by atoms with Gasteiger partial charge in [0.05, 0.1) is 24.2 Å². The normalized spacial score (nSPS) is 36.6. The van der Waals surface area contributed by atoms with Crippen LogP contribution in [0.2, 0.25) is 0 Å². The summed E-state index contributed by atoms with van der Waals surface area (Å²) in [4.78, 5) is 26.8. The number of imide groups is 1. The fourth-order valence-corrected chi connectivity index (χ4v) is 4.59. The van der Waals surface area contributed by atoms with Gasteiger partial charge in [0.1, 0.15) is 6.61 Å². The predicted molar refractivity (Wildman–Crippen MR) is 97.8 cm³/mol. The first-order valence-corrected chi connectivity index (χ1v) is 9.77. The average molecular weight is 373 g/mol. The molecular weight excluding hydrogens is 346 g/mol. The third-order valence-corrected chi connectivity index (χ3v) is 6.17. The van der Waals surface area contributed by atoms with Gasteiger partial charge in [0.2, 0.25) is 5.91 Å². The highest BCUT2D eigenvalue weighted by atomic mass is 16.7. The second kappa shape index (κ2) is 6.91. The number of carbonyl (C=O) groups is 2. The maximum Gasteiger partial charge on any atom is 0.416 e. The van der Waals surface area contributed by atoms with Crippen molar-refractivity contribution in [2.45, 2.75) is 64.1 Å². The number of amides is 2. The highest BCUT2D eigenvalue weighted by Crippen LogP contribution is 2.44. The summed E-state index contributed by atoms with van der Waals surface area (Å²) in [6.07, 6.45) is 1.65. The Morgan fingerprint density at radius 1 is 1.30 bits per heavy atom. The second-order valence-corrected chi connectivity index (χ2v) is 8.19. The molecule has 1 aromatic rings. The van der Waals surface area contributed by atoms with Crippen LogP contribution >= 0.6 is 0 Å². The van der Waals surface area contributed by atoms with Gasteiger partial charge in [-0.1, -0.05) is 44.2 Å². The minimum atomic E-state index is -0.620. The third kappa shape index (κ3) is 3.36. The quantitative estimate of drug-likeness (QED) is 0.811. The molecule has 1 unspecified atom stereocenters. The van der Waals surface area contributed by atoms with Crippen LogP contribution in [0.4, 0.5) is 4.79 Å². The summed E-state index contributed by atoms with van der Waals surface area (Å²) >= 11 is 0. The fraction of sp³-hybridized carbons (Fsp3) is 0.619. The Labute approximate surface area is 159 Å². The Morgan fingerprint density at radius 2 is 2.04 bits per heavy atom. The summed E-state index contributed by atoms with van der Waals surface area (Å²) in [5.41, 5.74) is 1.08. The smallest absolute Gasteiger partial charge is 0.416 e. The molecule has 3 heterocycles. The van der Waals surface area contributed by atoms with Gasteiger partial charge < -0.3 is 14.2 Å². The number of hydrogen-bond donors (Lipinski definition) is 0. The van der Waals surface area contributed by atoms with E-state index in [1.54, 1.807) is 0 Å². The van der Waals surface area contributed by atoms with Crippen molar-refractivity contribution in [3.63, 3.8) is 0 Å². The van der Waals surface area contributed by atoms with Crippen LogP contribution in [0.3, 0.4) is 0 Å². The van der Waals surface area contributed by atoms with Crippen molar-refractivity contribution in [1.29, 1.82) is 0 Å². The Bertz CT molecular complexity index is 723. The molecule has 146 valence electrons. The molecule has 27 heavy (non-hydrogen) atoms. The monoisotopic (exact) mass is 373 g/mol. The van der Waals surface area contributed by atoms with E-state index in [-0.39, 0.29) is 36.7 Å². The molecule has 0 N–H and O–H groups in total. The first kappa shape index (κ1) is 18.4. The molecule has 2 amide bonds. The SMILES string of the molecule is C[C@H](C(=O)N1C(=O)OC[C@@H]1Cc1ccccc1)[C@@H]1O[C@@]2(C)CCC(O2)[C@H]1C. The molecule has 0 aliphatic carbocycles. The summed E-state index contributed by atoms with van der Waals surface area (Å²) in [6.45, 7) is 6.08. The minimum absolute atomic E-state index is 0.103. The van der Waals surface area contributed by atoms with Crippen molar-refractivity contribution in [3.8, 4) is 0 Å². The summed E-state index contributed by atoms with van der Waals surface area (Å²) in [5, 5.41) is 0. The van der Waals surface area contributed by atoms with Gasteiger partial charge in [-0.05, 0) is 25.3 Å². The predicted octanol–water partition coefficient (Wildman–Crippen LogP) is 3.14. The van der Waals surface area contributed by atoms with E-state index in [1.165, 1.54) is 4.90 Å². The summed E-state index contributed by atoms with van der Waals surface area (Å²) in [7, 11) is 0. The average Bonchev–Trinajstić information content (AvgIpc) is 3.19. The zero-order chi connectivity index (χ0) is 19.2. The van der Waals surface area contributed by atoms with Crippen LogP contribution in [-0.2, 0) is 25.4 Å². The molecule has 0 aromatic heterocycles. The van der Waals surface area contributed by atoms with Crippen molar-refractivity contribution >= 4 is 12.0 Å². The van der Waals surface area contributed by atoms with Gasteiger partial charge in [-0.2, -0.15) is 0 Å². The van der Waals surface area contributed by atoms with Crippen molar-refractivity contribution in [2.75, 3.05) is 6.61 Å². The van der Waals surface area contributed by atoms with E-state index in [2.05, 4.69) is 6.92 Å². The van der Waals surface area contributed by atoms with Crippen molar-refractivity contribution < 1.29 is 23.8 Å². The van der Waals surface area contributed by atoms with E-state index in [4.69, 9.17) is 14.2 Å². The molecule has 6 heteroatoms. The number of benzene rings is 1. The highest BCUT2D eigenvalue weighted by molar-refractivity contribution is 5.95. The molecular formula is C21H27NO5. The lowest BCUT2D eigenvalue weighted by Gasteiger charge is -2.43. The highest BCUT2D eigenvalue weighted by Gasteiger charge is 2.52. The summed E-state index contributed by atoms with van der Waals surface area (Å²) < 4.78 is 17.4. The van der Waals surface area contributed by atoms with E-state index >= 15 is 0 Å². The van der Waals surface area contributed by atoms with E-state index in [1.807, 2.05) is 44.2 Å². The molecule has 0 saturated carbocycles. The van der Waals surface area contributed by atoms with Gasteiger partial charge >= 0.3 is 6.09 Å². The molecule has 0 spiro atoms. The largest absolute Gasteiger partial charge is 0.447 e. The number of nitrogens with zero attached hydrogens (tertiary/aromatic N) is 1. The zero-order valence-electron chi connectivity index (χ0n) is 16.1. The van der Waals surface area contributed by atoms with Gasteiger partial charge in [0, 0.05) is 12.3 Å². The Kier molecular flexibility index (Phi) is 4.72. The van der Waals surface area contributed by atoms with Crippen LogP contribution in [0.25, 0.3) is 0 Å². The molecule has 3 aliphatic heterocycles. The lowest BCUT2D eigenvalue weighted by atomic mass is 9.87. The van der Waals surface area contributed by atoms with Gasteiger partial charge in [-0.3, -0.25) is 4.79 Å². The molecule has 4 rings (SSSR count). The first-order chi connectivity index (χ1) is 12.9. The van der Waals surface area contributed by atoms with Gasteiger partial charge in [-0.15, -0.1) is 0 Å². The summed E-state index contributed by atoms with van der Waals surface area (Å²) in [5.74, 6) is -1.18. The minimum Gasteiger partial charge on any atom is -0.447 e. The molecule has 6 atom stereocenters. The molecule has 3 saturated heterocycles. The van der Waals surface area contributed by atoms with Crippen molar-refractivity contribution in [1.82, 2.24) is 4.90 Å². The number of rotatable bonds is 4. The first-order valence-electron chi connectivity index (χ1n) is 9.77. The number of ether oxygens (including phenoxy) is 3. The number of cyclic esters (lactones) is 1. The lowest BCUT2D eigenvalue weighted by molar-refractivity contribution is -0.302. The van der Waals surface area contributed by atoms with Crippen LogP contribution < -0.4 is 0 Å². The van der Waals surface area contributed by atoms with E-state index in [0.717, 1.165) is 18.4 Å². The van der Waals surface area contributed by atoms with Gasteiger partial charge in [-0.25, -0.2) is 9.69 Å². The Hall–Kier alpha value is -1.92. The Morgan fingerprint density at radius 3 is 2.78 bits per heavy atom. The van der Waals surface area contributed by atoms with Gasteiger partial charge in [0.15, 0.2) is 5.79 Å². The Balaban J connectivity index is 1.50. The number of carbonyl (C=O) groups excluding carboxylic acids is 2. The second-order valence-electron chi connectivity index (χ2n) is 8.19. The third-order valence-electron chi connectivity index (χ3n) is 6.17. The lowest BCUT2D eigenvalue weighted by Crippen LogP contribution is -2.53. The molecule has 1 aromatic carbocycles. The topological polar surface area (TPSA) is 65.1 Å². The summed E-state index contributed by atoms with van der Waals surface area (Å²) in [6, 6.07) is 9.57. The van der Waals surface area contributed by atoms with Crippen LogP contribution in [0.15, 0.2) is 30.3 Å². The zero-order valence-corrected chi connectivity index (χ0v) is 16.1. The number of fused-ring (bicyclic) bond motifs is 2. The maximum atomic E-state index is 13.2. The van der Waals surface area contributed by atoms with Crippen LogP contribution in [0.5, 0.6) is 0 Å². The van der Waals surface area contributed by atoms with Crippen molar-refractivity contribution in [2.24, 2.45) is 11.8 Å². The molecule has 2 bridgehead atoms. The van der Waals surface area contributed by atoms with Gasteiger partial charge in [0.25, 0.3) is 0 Å². The maximum absolute atomic E-state index is 13.2. The molecule has 0 radical (unpaired) electrons. The molecule has 3 aliphatic rings. The van der Waals surface area contributed by atoms with Crippen LogP contribution in [0, 0.1) is 11.8 Å². The molecule has 3 fully saturated rings. The van der Waals surface area contributed by atoms with E-state index < -0.39 is 17.8 Å². The van der Waals surface area contributed by atoms with Crippen LogP contribution in [-0.4, -0.2) is 47.5 Å². The molecule has 6 nitrogen and oxygen atoms in total. The van der Waals surface area contributed by atoms with E-state index in [0.29, 0.717) is 6.42 Å². The standard InChI is InChI=1S/C21H27NO5/c1-13-17-9-10-21(3,26-17)27-18(13)14(2)19(23)22-16(12-25-20(22)24)11-15-7-5-4-6-8-15/h4-8,13-14,16-18H,9-12H2,1-3H3/t13-,14+,16+,17?,18-,21+/m1/s1. The number of hydrogen-bond acceptors (Lipinski definition) is 5. The van der Waals surface area contributed by atoms with E-state index in [9.17, 15) is 9.59 Å². The fourth-order valence-electron chi connectivity index (χ4n) is 4.59. The van der Waals surface area contributed by atoms with Crippen molar-refractivity contribution in [3.05, 3.63) is 35.9 Å². The van der Waals surface area contributed by atoms with Crippen LogP contribution in [0.1, 0.15) is 39.2 Å².